The van der Waals surface area contributed by atoms with Crippen molar-refractivity contribution in [1.82, 2.24) is 5.32 Å². The lowest BCUT2D eigenvalue weighted by Gasteiger charge is -2.13. The zero-order valence-corrected chi connectivity index (χ0v) is 14.3. The maximum atomic E-state index is 13.9. The van der Waals surface area contributed by atoms with Gasteiger partial charge in [-0.25, -0.2) is 4.39 Å². The number of nitrogens with one attached hydrogen (secondary N) is 2. The first-order chi connectivity index (χ1) is 10.5. The second-order valence-electron chi connectivity index (χ2n) is 4.59. The van der Waals surface area contributed by atoms with Gasteiger partial charge in [-0.3, -0.25) is 0 Å². The lowest BCUT2D eigenvalue weighted by Crippen LogP contribution is -2.11. The van der Waals surface area contributed by atoms with Crippen molar-refractivity contribution >= 4 is 44.6 Å². The maximum absolute atomic E-state index is 13.9. The Balaban J connectivity index is 2.36. The van der Waals surface area contributed by atoms with Crippen LogP contribution in [0.4, 0.5) is 15.8 Å². The third kappa shape index (κ3) is 4.22. The number of hydrogen-bond donors (Lipinski definition) is 3. The van der Waals surface area contributed by atoms with E-state index in [1.54, 1.807) is 19.2 Å². The molecule has 0 amide bonds. The second-order valence-corrected chi connectivity index (χ2v) is 5.99. The highest BCUT2D eigenvalue weighted by Gasteiger charge is 2.08. The fourth-order valence-electron chi connectivity index (χ4n) is 2.04. The molecule has 0 aliphatic heterocycles. The number of benzene rings is 2. The molecule has 2 rings (SSSR count). The summed E-state index contributed by atoms with van der Waals surface area (Å²) in [5.74, 6) is -0.334. The lowest BCUT2D eigenvalue weighted by molar-refractivity contribution is 0.628. The van der Waals surface area contributed by atoms with Gasteiger partial charge in [-0.15, -0.1) is 0 Å². The number of anilines is 2. The third-order valence-electron chi connectivity index (χ3n) is 3.02. The first kappa shape index (κ1) is 16.8. The van der Waals surface area contributed by atoms with Crippen LogP contribution in [-0.2, 0) is 0 Å². The zero-order valence-electron chi connectivity index (χ0n) is 12.0. The Labute approximate surface area is 142 Å². The highest BCUT2D eigenvalue weighted by molar-refractivity contribution is 9.11. The van der Waals surface area contributed by atoms with Crippen LogP contribution in [0.1, 0.15) is 5.56 Å². The quantitative estimate of drug-likeness (QED) is 0.713. The molecule has 0 aliphatic rings. The van der Waals surface area contributed by atoms with Crippen LogP contribution in [0.2, 0.25) is 5.02 Å². The van der Waals surface area contributed by atoms with E-state index < -0.39 is 0 Å². The molecule has 2 aromatic rings. The summed E-state index contributed by atoms with van der Waals surface area (Å²) < 4.78 is 14.7. The molecule has 0 unspecified atom stereocenters. The van der Waals surface area contributed by atoms with Gasteiger partial charge in [0.2, 0.25) is 0 Å². The number of nitrogens with two attached hydrogens (primary N) is 1. The molecule has 0 aliphatic carbocycles. The summed E-state index contributed by atoms with van der Waals surface area (Å²) in [6.45, 7) is 0.326. The van der Waals surface area contributed by atoms with Crippen LogP contribution in [0.25, 0.3) is 5.70 Å². The Bertz CT molecular complexity index is 686. The first-order valence-corrected chi connectivity index (χ1v) is 7.80. The minimum Gasteiger partial charge on any atom is -0.387 e. The van der Waals surface area contributed by atoms with Gasteiger partial charge in [0.25, 0.3) is 0 Å². The molecule has 0 bridgehead atoms. The molecule has 0 saturated carbocycles. The highest BCUT2D eigenvalue weighted by atomic mass is 79.9. The SMILES string of the molecule is CN/C(=C(/Br)CN)c1cc(F)cc(Nc2ccc(Cl)cc2)c1. The number of halogens is 3. The van der Waals surface area contributed by atoms with Crippen molar-refractivity contribution in [1.29, 1.82) is 0 Å². The number of rotatable bonds is 5. The molecule has 6 heteroatoms. The molecule has 0 spiro atoms. The van der Waals surface area contributed by atoms with Gasteiger partial charge in [0, 0.05) is 40.0 Å². The van der Waals surface area contributed by atoms with Gasteiger partial charge < -0.3 is 16.4 Å². The fourth-order valence-corrected chi connectivity index (χ4v) is 2.60. The van der Waals surface area contributed by atoms with Crippen molar-refractivity contribution in [2.45, 2.75) is 0 Å². The van der Waals surface area contributed by atoms with Crippen molar-refractivity contribution in [3.8, 4) is 0 Å². The van der Waals surface area contributed by atoms with Gasteiger partial charge in [0.1, 0.15) is 5.82 Å². The summed E-state index contributed by atoms with van der Waals surface area (Å²) in [4.78, 5) is 0. The molecule has 0 heterocycles. The molecule has 4 N–H and O–H groups in total. The van der Waals surface area contributed by atoms with E-state index in [2.05, 4.69) is 26.6 Å². The minimum atomic E-state index is -0.334. The van der Waals surface area contributed by atoms with Gasteiger partial charge >= 0.3 is 0 Å². The first-order valence-electron chi connectivity index (χ1n) is 6.63. The van der Waals surface area contributed by atoms with Crippen molar-refractivity contribution in [3.63, 3.8) is 0 Å². The maximum Gasteiger partial charge on any atom is 0.125 e. The summed E-state index contributed by atoms with van der Waals surface area (Å²) in [6.07, 6.45) is 0. The van der Waals surface area contributed by atoms with Gasteiger partial charge in [-0.2, -0.15) is 0 Å². The van der Waals surface area contributed by atoms with Crippen LogP contribution in [0.3, 0.4) is 0 Å². The third-order valence-corrected chi connectivity index (χ3v) is 3.99. The topological polar surface area (TPSA) is 50.1 Å². The molecule has 22 heavy (non-hydrogen) atoms. The standard InChI is InChI=1S/C16H16BrClFN3/c1-21-16(15(17)9-20)10-6-12(19)8-14(7-10)22-13-4-2-11(18)3-5-13/h2-8,21-22H,9,20H2,1H3/b16-15+. The lowest BCUT2D eigenvalue weighted by atomic mass is 10.1. The molecule has 0 fully saturated rings. The molecule has 0 radical (unpaired) electrons. The van der Waals surface area contributed by atoms with Gasteiger partial charge in [-0.05, 0) is 42.5 Å². The number of hydrogen-bond acceptors (Lipinski definition) is 3. The van der Waals surface area contributed by atoms with E-state index in [1.165, 1.54) is 12.1 Å². The normalized spacial score (nSPS) is 11.9. The molecule has 0 atom stereocenters. The smallest absolute Gasteiger partial charge is 0.125 e. The molecule has 2 aromatic carbocycles. The van der Waals surface area contributed by atoms with Gasteiger partial charge in [0.15, 0.2) is 0 Å². The van der Waals surface area contributed by atoms with E-state index in [1.807, 2.05) is 18.2 Å². The summed E-state index contributed by atoms with van der Waals surface area (Å²) >= 11 is 9.26. The molecular formula is C16H16BrClFN3. The minimum absolute atomic E-state index is 0.326. The molecule has 0 aromatic heterocycles. The van der Waals surface area contributed by atoms with E-state index >= 15 is 0 Å². The van der Waals surface area contributed by atoms with Gasteiger partial charge in [0.05, 0.1) is 5.70 Å². The monoisotopic (exact) mass is 383 g/mol. The predicted molar refractivity (Wildman–Crippen MR) is 95.1 cm³/mol. The summed E-state index contributed by atoms with van der Waals surface area (Å²) in [7, 11) is 1.77. The highest BCUT2D eigenvalue weighted by Crippen LogP contribution is 2.26. The van der Waals surface area contributed by atoms with Crippen LogP contribution in [0.15, 0.2) is 46.9 Å². The van der Waals surface area contributed by atoms with Crippen molar-refractivity contribution in [2.75, 3.05) is 18.9 Å². The Morgan fingerprint density at radius 1 is 1.18 bits per heavy atom. The summed E-state index contributed by atoms with van der Waals surface area (Å²) in [5, 5.41) is 6.84. The fraction of sp³-hybridized carbons (Fsp3) is 0.125. The van der Waals surface area contributed by atoms with Crippen molar-refractivity contribution < 1.29 is 4.39 Å². The Hall–Kier alpha value is -1.56. The average molecular weight is 385 g/mol. The Kier molecular flexibility index (Phi) is 5.83. The predicted octanol–water partition coefficient (Wildman–Crippen LogP) is 4.46. The van der Waals surface area contributed by atoms with Gasteiger partial charge in [-0.1, -0.05) is 27.5 Å². The van der Waals surface area contributed by atoms with Crippen LogP contribution < -0.4 is 16.4 Å². The molecule has 0 saturated heterocycles. The van der Waals surface area contributed by atoms with E-state index in [-0.39, 0.29) is 5.82 Å². The summed E-state index contributed by atoms with van der Waals surface area (Å²) in [5.41, 5.74) is 8.56. The van der Waals surface area contributed by atoms with Crippen LogP contribution >= 0.6 is 27.5 Å². The van der Waals surface area contributed by atoms with Crippen molar-refractivity contribution in [3.05, 3.63) is 63.4 Å². The van der Waals surface area contributed by atoms with E-state index in [9.17, 15) is 4.39 Å². The Morgan fingerprint density at radius 3 is 2.45 bits per heavy atom. The van der Waals surface area contributed by atoms with E-state index in [4.69, 9.17) is 17.3 Å². The van der Waals surface area contributed by atoms with Crippen LogP contribution in [0, 0.1) is 5.82 Å². The summed E-state index contributed by atoms with van der Waals surface area (Å²) in [6, 6.07) is 11.9. The van der Waals surface area contributed by atoms with E-state index in [0.29, 0.717) is 22.8 Å². The average Bonchev–Trinajstić information content (AvgIpc) is 2.49. The van der Waals surface area contributed by atoms with E-state index in [0.717, 1.165) is 15.9 Å². The molecular weight excluding hydrogens is 369 g/mol. The second kappa shape index (κ2) is 7.63. The zero-order chi connectivity index (χ0) is 16.1. The largest absolute Gasteiger partial charge is 0.387 e. The molecule has 3 nitrogen and oxygen atoms in total. The van der Waals surface area contributed by atoms with Crippen LogP contribution in [0.5, 0.6) is 0 Å². The Morgan fingerprint density at radius 2 is 1.86 bits per heavy atom. The van der Waals surface area contributed by atoms with Crippen molar-refractivity contribution in [2.24, 2.45) is 5.73 Å². The van der Waals surface area contributed by atoms with Crippen LogP contribution in [-0.4, -0.2) is 13.6 Å². The molecule has 116 valence electrons.